The average Bonchev–Trinajstić information content (AvgIpc) is 2.32. The molecule has 0 aliphatic heterocycles. The number of Topliss-reactive ketones (excluding diaryl/α,β-unsaturated/α-hetero) is 1. The molecule has 2 aliphatic rings. The molecule has 0 bridgehead atoms. The van der Waals surface area contributed by atoms with Crippen molar-refractivity contribution in [2.75, 3.05) is 0 Å². The highest BCUT2D eigenvalue weighted by atomic mass is 79.9. The number of carbonyl (C=O) groups is 1. The van der Waals surface area contributed by atoms with Gasteiger partial charge in [0.15, 0.2) is 5.78 Å². The van der Waals surface area contributed by atoms with Crippen LogP contribution in [0.2, 0.25) is 0 Å². The van der Waals surface area contributed by atoms with E-state index in [0.717, 1.165) is 18.4 Å². The van der Waals surface area contributed by atoms with Gasteiger partial charge in [0, 0.05) is 5.57 Å². The highest BCUT2D eigenvalue weighted by molar-refractivity contribution is 9.10. The van der Waals surface area contributed by atoms with Crippen molar-refractivity contribution in [3.63, 3.8) is 0 Å². The summed E-state index contributed by atoms with van der Waals surface area (Å²) in [6, 6.07) is 0. The summed E-state index contributed by atoms with van der Waals surface area (Å²) in [5, 5.41) is 0. The molecule has 1 fully saturated rings. The van der Waals surface area contributed by atoms with Crippen LogP contribution in [0, 0.1) is 5.92 Å². The second kappa shape index (κ2) is 3.09. The third-order valence-corrected chi connectivity index (χ3v) is 3.89. The molecule has 0 aromatic rings. The van der Waals surface area contributed by atoms with Crippen LogP contribution in [0.3, 0.4) is 0 Å². The number of hydrogen-bond donors (Lipinski definition) is 0. The molecule has 0 saturated heterocycles. The summed E-state index contributed by atoms with van der Waals surface area (Å²) in [5.74, 6) is 0.789. The van der Waals surface area contributed by atoms with Gasteiger partial charge in [-0.3, -0.25) is 4.79 Å². The number of hydrogen-bond acceptors (Lipinski definition) is 1. The molecule has 0 N–H and O–H groups in total. The molecule has 0 amide bonds. The smallest absolute Gasteiger partial charge is 0.172 e. The third-order valence-electron chi connectivity index (χ3n) is 3.10. The second-order valence-electron chi connectivity index (χ2n) is 4.03. The van der Waals surface area contributed by atoms with Gasteiger partial charge >= 0.3 is 0 Å². The van der Waals surface area contributed by atoms with E-state index in [0.29, 0.717) is 11.7 Å². The van der Waals surface area contributed by atoms with Crippen molar-refractivity contribution in [2.45, 2.75) is 31.5 Å². The summed E-state index contributed by atoms with van der Waals surface area (Å²) in [4.78, 5) is 11.7. The molecule has 1 saturated carbocycles. The highest BCUT2D eigenvalue weighted by Crippen LogP contribution is 2.40. The summed E-state index contributed by atoms with van der Waals surface area (Å²) in [5.41, 5.74) is 3.76. The summed E-state index contributed by atoms with van der Waals surface area (Å²) in [6.07, 6.45) is 4.13. The normalized spacial score (nSPS) is 33.5. The molecule has 13 heavy (non-hydrogen) atoms. The van der Waals surface area contributed by atoms with Crippen molar-refractivity contribution in [3.8, 4) is 0 Å². The van der Waals surface area contributed by atoms with Crippen LogP contribution < -0.4 is 0 Å². The zero-order valence-electron chi connectivity index (χ0n) is 7.93. The van der Waals surface area contributed by atoms with Gasteiger partial charge in [-0.25, -0.2) is 0 Å². The molecule has 2 atom stereocenters. The number of alkyl halides is 1. The SMILES string of the molecule is CC1=C(C)CC2CC(Br)C(=O)C2=C1. The fraction of sp³-hybridized carbons (Fsp3) is 0.545. The van der Waals surface area contributed by atoms with E-state index in [1.54, 1.807) is 0 Å². The van der Waals surface area contributed by atoms with Gasteiger partial charge in [0.2, 0.25) is 0 Å². The topological polar surface area (TPSA) is 17.1 Å². The van der Waals surface area contributed by atoms with Gasteiger partial charge in [0.25, 0.3) is 0 Å². The molecule has 0 aromatic heterocycles. The first-order chi connectivity index (χ1) is 6.09. The minimum absolute atomic E-state index is 0.0717. The molecule has 0 spiro atoms. The van der Waals surface area contributed by atoms with E-state index in [-0.39, 0.29) is 4.83 Å². The molecule has 0 aromatic carbocycles. The van der Waals surface area contributed by atoms with Crippen molar-refractivity contribution in [2.24, 2.45) is 5.92 Å². The molecule has 1 nitrogen and oxygen atoms in total. The van der Waals surface area contributed by atoms with E-state index in [2.05, 4.69) is 35.9 Å². The Labute approximate surface area is 87.0 Å². The van der Waals surface area contributed by atoms with E-state index in [4.69, 9.17) is 0 Å². The Bertz CT molecular complexity index is 325. The Morgan fingerprint density at radius 3 is 2.85 bits per heavy atom. The minimum Gasteiger partial charge on any atom is -0.293 e. The van der Waals surface area contributed by atoms with E-state index in [1.807, 2.05) is 0 Å². The van der Waals surface area contributed by atoms with Crippen LogP contribution in [0.4, 0.5) is 0 Å². The van der Waals surface area contributed by atoms with Gasteiger partial charge in [-0.05, 0) is 32.6 Å². The zero-order chi connectivity index (χ0) is 9.59. The molecule has 2 unspecified atom stereocenters. The summed E-state index contributed by atoms with van der Waals surface area (Å²) < 4.78 is 0. The quantitative estimate of drug-likeness (QED) is 0.596. The Morgan fingerprint density at radius 1 is 1.46 bits per heavy atom. The lowest BCUT2D eigenvalue weighted by molar-refractivity contribution is -0.114. The van der Waals surface area contributed by atoms with Gasteiger partial charge < -0.3 is 0 Å². The molecule has 2 heteroatoms. The first-order valence-electron chi connectivity index (χ1n) is 4.66. The lowest BCUT2D eigenvalue weighted by Crippen LogP contribution is -2.09. The van der Waals surface area contributed by atoms with Gasteiger partial charge in [-0.15, -0.1) is 0 Å². The number of halogens is 1. The lowest BCUT2D eigenvalue weighted by Gasteiger charge is -2.18. The number of ketones is 1. The Hall–Kier alpha value is -0.370. The number of rotatable bonds is 0. The predicted octanol–water partition coefficient (Wildman–Crippen LogP) is 3.01. The number of allylic oxidation sites excluding steroid dienone is 4. The lowest BCUT2D eigenvalue weighted by atomic mass is 9.86. The van der Waals surface area contributed by atoms with Gasteiger partial charge in [-0.1, -0.05) is 33.2 Å². The molecule has 2 rings (SSSR count). The molecule has 0 radical (unpaired) electrons. The van der Waals surface area contributed by atoms with E-state index in [9.17, 15) is 4.79 Å². The fourth-order valence-corrected chi connectivity index (χ4v) is 2.85. The van der Waals surface area contributed by atoms with Crippen LogP contribution in [-0.4, -0.2) is 10.6 Å². The number of fused-ring (bicyclic) bond motifs is 1. The Morgan fingerprint density at radius 2 is 2.15 bits per heavy atom. The molecular formula is C11H13BrO. The second-order valence-corrected chi connectivity index (χ2v) is 5.14. The van der Waals surface area contributed by atoms with Crippen molar-refractivity contribution in [1.82, 2.24) is 0 Å². The van der Waals surface area contributed by atoms with Crippen LogP contribution in [0.25, 0.3) is 0 Å². The summed E-state index contributed by atoms with van der Waals surface area (Å²) in [6.45, 7) is 4.25. The third kappa shape index (κ3) is 1.41. The summed E-state index contributed by atoms with van der Waals surface area (Å²) >= 11 is 3.42. The largest absolute Gasteiger partial charge is 0.293 e. The van der Waals surface area contributed by atoms with Gasteiger partial charge in [0.05, 0.1) is 4.83 Å². The zero-order valence-corrected chi connectivity index (χ0v) is 9.52. The fourth-order valence-electron chi connectivity index (χ4n) is 2.14. The van der Waals surface area contributed by atoms with Crippen molar-refractivity contribution >= 4 is 21.7 Å². The van der Waals surface area contributed by atoms with Gasteiger partial charge in [0.1, 0.15) is 0 Å². The molecular weight excluding hydrogens is 228 g/mol. The first kappa shape index (κ1) is 9.20. The standard InChI is InChI=1S/C11H13BrO/c1-6-3-8-5-10(12)11(13)9(8)4-7(6)2/h4,8,10H,3,5H2,1-2H3. The van der Waals surface area contributed by atoms with Gasteiger partial charge in [-0.2, -0.15) is 0 Å². The molecule has 70 valence electrons. The maximum atomic E-state index is 11.7. The number of carbonyl (C=O) groups excluding carboxylic acids is 1. The van der Waals surface area contributed by atoms with E-state index < -0.39 is 0 Å². The minimum atomic E-state index is 0.0717. The van der Waals surface area contributed by atoms with Crippen LogP contribution in [0.15, 0.2) is 22.8 Å². The van der Waals surface area contributed by atoms with Crippen LogP contribution in [0.5, 0.6) is 0 Å². The monoisotopic (exact) mass is 240 g/mol. The van der Waals surface area contributed by atoms with Crippen molar-refractivity contribution in [1.29, 1.82) is 0 Å². The maximum Gasteiger partial charge on any atom is 0.172 e. The van der Waals surface area contributed by atoms with E-state index in [1.165, 1.54) is 11.1 Å². The molecule has 0 heterocycles. The highest BCUT2D eigenvalue weighted by Gasteiger charge is 2.37. The average molecular weight is 241 g/mol. The first-order valence-corrected chi connectivity index (χ1v) is 5.57. The van der Waals surface area contributed by atoms with Crippen LogP contribution in [-0.2, 0) is 4.79 Å². The molecule has 2 aliphatic carbocycles. The Balaban J connectivity index is 2.37. The van der Waals surface area contributed by atoms with Crippen molar-refractivity contribution < 1.29 is 4.79 Å². The predicted molar refractivity (Wildman–Crippen MR) is 56.9 cm³/mol. The summed E-state index contributed by atoms with van der Waals surface area (Å²) in [7, 11) is 0. The van der Waals surface area contributed by atoms with E-state index >= 15 is 0 Å². The van der Waals surface area contributed by atoms with Crippen LogP contribution in [0.1, 0.15) is 26.7 Å². The Kier molecular flexibility index (Phi) is 2.18. The van der Waals surface area contributed by atoms with Crippen molar-refractivity contribution in [3.05, 3.63) is 22.8 Å². The maximum absolute atomic E-state index is 11.7. The van der Waals surface area contributed by atoms with Crippen LogP contribution >= 0.6 is 15.9 Å².